The Labute approximate surface area is 154 Å². The van der Waals surface area contributed by atoms with Gasteiger partial charge in [0.1, 0.15) is 23.5 Å². The lowest BCUT2D eigenvalue weighted by molar-refractivity contribution is 0.0445. The quantitative estimate of drug-likeness (QED) is 0.529. The van der Waals surface area contributed by atoms with Crippen LogP contribution < -0.4 is 15.4 Å². The minimum absolute atomic E-state index is 0.0537. The van der Waals surface area contributed by atoms with Crippen molar-refractivity contribution in [3.63, 3.8) is 0 Å². The molecule has 0 aromatic carbocycles. The molecule has 26 heavy (non-hydrogen) atoms. The SMILES string of the molecule is C[C@H](Oc1nc(C(=N)N)cc(N2CCC[C@@](C)(O)C2)n1)[C@@H]1CCCN1C. The second kappa shape index (κ2) is 7.36. The molecule has 2 aliphatic heterocycles. The van der Waals surface area contributed by atoms with Crippen molar-refractivity contribution in [1.82, 2.24) is 14.9 Å². The summed E-state index contributed by atoms with van der Waals surface area (Å²) in [4.78, 5) is 13.2. The molecule has 0 amide bonds. The number of aliphatic hydroxyl groups is 1. The van der Waals surface area contributed by atoms with Crippen LogP contribution in [0.3, 0.4) is 0 Å². The monoisotopic (exact) mass is 362 g/mol. The zero-order valence-electron chi connectivity index (χ0n) is 15.9. The maximum atomic E-state index is 10.4. The Bertz CT molecular complexity index is 665. The van der Waals surface area contributed by atoms with Crippen LogP contribution in [0.4, 0.5) is 5.82 Å². The summed E-state index contributed by atoms with van der Waals surface area (Å²) >= 11 is 0. The molecule has 0 spiro atoms. The highest BCUT2D eigenvalue weighted by Gasteiger charge is 2.31. The zero-order chi connectivity index (χ0) is 18.9. The lowest BCUT2D eigenvalue weighted by atomic mass is 9.95. The Hall–Kier alpha value is -1.93. The molecule has 0 aliphatic carbocycles. The predicted octanol–water partition coefficient (Wildman–Crippen LogP) is 0.973. The minimum Gasteiger partial charge on any atom is -0.459 e. The summed E-state index contributed by atoms with van der Waals surface area (Å²) in [7, 11) is 2.10. The molecule has 3 rings (SSSR count). The molecule has 3 atom stereocenters. The van der Waals surface area contributed by atoms with Crippen molar-refractivity contribution < 1.29 is 9.84 Å². The van der Waals surface area contributed by atoms with E-state index < -0.39 is 5.60 Å². The van der Waals surface area contributed by atoms with E-state index in [2.05, 4.69) is 21.9 Å². The molecule has 1 aromatic heterocycles. The van der Waals surface area contributed by atoms with Gasteiger partial charge in [-0.05, 0) is 53.1 Å². The van der Waals surface area contributed by atoms with Gasteiger partial charge in [0.15, 0.2) is 0 Å². The first kappa shape index (κ1) is 18.8. The number of anilines is 1. The van der Waals surface area contributed by atoms with Gasteiger partial charge >= 0.3 is 6.01 Å². The smallest absolute Gasteiger partial charge is 0.319 e. The molecule has 0 saturated carbocycles. The molecule has 8 nitrogen and oxygen atoms in total. The molecule has 8 heteroatoms. The van der Waals surface area contributed by atoms with E-state index in [-0.39, 0.29) is 18.0 Å². The Morgan fingerprint density at radius 2 is 2.19 bits per heavy atom. The van der Waals surface area contributed by atoms with Crippen LogP contribution in [0.1, 0.15) is 45.2 Å². The number of aromatic nitrogens is 2. The highest BCUT2D eigenvalue weighted by atomic mass is 16.5. The molecule has 1 aromatic rings. The summed E-state index contributed by atoms with van der Waals surface area (Å²) in [6.07, 6.45) is 3.85. The average molecular weight is 362 g/mol. The number of piperidine rings is 1. The molecular weight excluding hydrogens is 332 g/mol. The van der Waals surface area contributed by atoms with Crippen LogP contribution in [-0.2, 0) is 0 Å². The third-order valence-corrected chi connectivity index (χ3v) is 5.38. The molecule has 2 aliphatic rings. The van der Waals surface area contributed by atoms with E-state index in [1.54, 1.807) is 6.07 Å². The lowest BCUT2D eigenvalue weighted by Gasteiger charge is -2.37. The Balaban J connectivity index is 1.83. The van der Waals surface area contributed by atoms with Crippen molar-refractivity contribution in [2.45, 2.75) is 57.3 Å². The number of amidine groups is 1. The van der Waals surface area contributed by atoms with Gasteiger partial charge in [0, 0.05) is 25.2 Å². The van der Waals surface area contributed by atoms with Crippen LogP contribution in [0, 0.1) is 5.41 Å². The van der Waals surface area contributed by atoms with Crippen LogP contribution in [0.15, 0.2) is 6.07 Å². The highest BCUT2D eigenvalue weighted by Crippen LogP contribution is 2.27. The summed E-state index contributed by atoms with van der Waals surface area (Å²) in [5.74, 6) is 0.528. The van der Waals surface area contributed by atoms with Gasteiger partial charge in [0.2, 0.25) is 0 Å². The number of nitrogens with two attached hydrogens (primary N) is 1. The van der Waals surface area contributed by atoms with Crippen molar-refractivity contribution in [2.24, 2.45) is 5.73 Å². The number of nitrogens with one attached hydrogen (secondary N) is 1. The van der Waals surface area contributed by atoms with Crippen LogP contribution in [-0.4, -0.2) is 70.2 Å². The van der Waals surface area contributed by atoms with Gasteiger partial charge in [-0.3, -0.25) is 10.3 Å². The molecule has 2 fully saturated rings. The topological polar surface area (TPSA) is 112 Å². The summed E-state index contributed by atoms with van der Waals surface area (Å²) in [6, 6.07) is 2.27. The lowest BCUT2D eigenvalue weighted by Crippen LogP contribution is -2.46. The van der Waals surface area contributed by atoms with E-state index in [9.17, 15) is 5.11 Å². The van der Waals surface area contributed by atoms with E-state index in [1.807, 2.05) is 18.7 Å². The van der Waals surface area contributed by atoms with Crippen LogP contribution in [0.2, 0.25) is 0 Å². The van der Waals surface area contributed by atoms with Gasteiger partial charge in [-0.15, -0.1) is 0 Å². The van der Waals surface area contributed by atoms with E-state index in [1.165, 1.54) is 0 Å². The molecule has 0 bridgehead atoms. The molecule has 4 N–H and O–H groups in total. The van der Waals surface area contributed by atoms with Crippen molar-refractivity contribution >= 4 is 11.7 Å². The van der Waals surface area contributed by atoms with Crippen molar-refractivity contribution in [3.8, 4) is 6.01 Å². The normalized spacial score (nSPS) is 28.2. The third kappa shape index (κ3) is 4.24. The van der Waals surface area contributed by atoms with Crippen molar-refractivity contribution in [3.05, 3.63) is 11.8 Å². The first-order valence-corrected chi connectivity index (χ1v) is 9.33. The molecule has 0 radical (unpaired) electrons. The number of β-amino-alcohol motifs (C(OH)–C–C–N with tert-alkyl or cyclic N) is 1. The number of likely N-dealkylation sites (N-methyl/N-ethyl adjacent to an activating group) is 1. The summed E-state index contributed by atoms with van der Waals surface area (Å²) in [5, 5.41) is 18.1. The summed E-state index contributed by atoms with van der Waals surface area (Å²) in [5.41, 5.74) is 5.27. The van der Waals surface area contributed by atoms with E-state index in [0.29, 0.717) is 24.1 Å². The zero-order valence-corrected chi connectivity index (χ0v) is 15.9. The minimum atomic E-state index is -0.750. The fourth-order valence-corrected chi connectivity index (χ4v) is 3.96. The van der Waals surface area contributed by atoms with Gasteiger partial charge in [-0.2, -0.15) is 9.97 Å². The van der Waals surface area contributed by atoms with E-state index in [4.69, 9.17) is 15.9 Å². The van der Waals surface area contributed by atoms with Crippen LogP contribution in [0.5, 0.6) is 6.01 Å². The van der Waals surface area contributed by atoms with Crippen LogP contribution in [0.25, 0.3) is 0 Å². The summed E-state index contributed by atoms with van der Waals surface area (Å²) < 4.78 is 6.04. The molecule has 144 valence electrons. The van der Waals surface area contributed by atoms with Gasteiger partial charge < -0.3 is 20.5 Å². The molecule has 0 unspecified atom stereocenters. The first-order chi connectivity index (χ1) is 12.2. The largest absolute Gasteiger partial charge is 0.459 e. The maximum Gasteiger partial charge on any atom is 0.319 e. The fourth-order valence-electron chi connectivity index (χ4n) is 3.96. The van der Waals surface area contributed by atoms with E-state index >= 15 is 0 Å². The number of hydrogen-bond donors (Lipinski definition) is 3. The number of ether oxygens (including phenoxy) is 1. The Kier molecular flexibility index (Phi) is 5.34. The summed E-state index contributed by atoms with van der Waals surface area (Å²) in [6.45, 7) is 6.22. The third-order valence-electron chi connectivity index (χ3n) is 5.38. The van der Waals surface area contributed by atoms with Gasteiger partial charge in [0.25, 0.3) is 0 Å². The number of rotatable bonds is 5. The molecule has 2 saturated heterocycles. The maximum absolute atomic E-state index is 10.4. The van der Waals surface area contributed by atoms with Crippen molar-refractivity contribution in [1.29, 1.82) is 5.41 Å². The number of nitrogens with zero attached hydrogens (tertiary/aromatic N) is 4. The average Bonchev–Trinajstić information content (AvgIpc) is 2.99. The first-order valence-electron chi connectivity index (χ1n) is 9.33. The number of likely N-dealkylation sites (tertiary alicyclic amines) is 1. The second-order valence-corrected chi connectivity index (χ2v) is 7.84. The molecular formula is C18H30N6O2. The van der Waals surface area contributed by atoms with Crippen molar-refractivity contribution in [2.75, 3.05) is 31.6 Å². The molecule has 3 heterocycles. The predicted molar refractivity (Wildman–Crippen MR) is 101 cm³/mol. The fraction of sp³-hybridized carbons (Fsp3) is 0.722. The number of nitrogen functional groups attached to an aromatic ring is 1. The van der Waals surface area contributed by atoms with Gasteiger partial charge in [-0.1, -0.05) is 0 Å². The standard InChI is InChI=1S/C18H30N6O2/c1-12(14-6-4-8-23(14)3)26-17-21-13(16(19)20)10-15(22-17)24-9-5-7-18(2,25)11-24/h10,12,14,25H,4-9,11H2,1-3H3,(H3,19,20)/t12-,14-,18+/m0/s1. The van der Waals surface area contributed by atoms with Gasteiger partial charge in [-0.25, -0.2) is 0 Å². The Morgan fingerprint density at radius 1 is 1.42 bits per heavy atom. The van der Waals surface area contributed by atoms with E-state index in [0.717, 1.165) is 38.8 Å². The highest BCUT2D eigenvalue weighted by molar-refractivity contribution is 5.93. The number of hydrogen-bond acceptors (Lipinski definition) is 7. The van der Waals surface area contributed by atoms with Crippen LogP contribution >= 0.6 is 0 Å². The van der Waals surface area contributed by atoms with Gasteiger partial charge in [0.05, 0.1) is 5.60 Å². The Morgan fingerprint density at radius 3 is 2.81 bits per heavy atom. The second-order valence-electron chi connectivity index (χ2n) is 7.84.